The molecule has 7 heteroatoms. The van der Waals surface area contributed by atoms with E-state index >= 15 is 0 Å². The van der Waals surface area contributed by atoms with Crippen molar-refractivity contribution in [1.82, 2.24) is 0 Å². The number of halogens is 2. The van der Waals surface area contributed by atoms with Gasteiger partial charge in [-0.25, -0.2) is 9.18 Å². The minimum absolute atomic E-state index is 0.0350. The highest BCUT2D eigenvalue weighted by atomic mass is 35.5. The molecule has 0 bridgehead atoms. The van der Waals surface area contributed by atoms with Gasteiger partial charge in [0.05, 0.1) is 17.8 Å². The molecule has 0 fully saturated rings. The van der Waals surface area contributed by atoms with Gasteiger partial charge in [-0.05, 0) is 44.2 Å². The summed E-state index contributed by atoms with van der Waals surface area (Å²) in [5.74, 6) is -1.75. The number of aromatic carboxylic acids is 1. The van der Waals surface area contributed by atoms with E-state index in [4.69, 9.17) is 21.4 Å². The molecule has 1 heterocycles. The van der Waals surface area contributed by atoms with Gasteiger partial charge in [0.2, 0.25) is 0 Å². The second kappa shape index (κ2) is 6.04. The number of rotatable bonds is 3. The number of amides is 1. The molecule has 0 saturated carbocycles. The summed E-state index contributed by atoms with van der Waals surface area (Å²) in [6, 6.07) is 8.49. The lowest BCUT2D eigenvalue weighted by Crippen LogP contribution is -2.52. The van der Waals surface area contributed by atoms with Crippen LogP contribution < -0.4 is 9.64 Å². The molecule has 1 aliphatic heterocycles. The third-order valence-electron chi connectivity index (χ3n) is 4.00. The van der Waals surface area contributed by atoms with Crippen LogP contribution in [0.2, 0.25) is 5.02 Å². The molecule has 130 valence electrons. The molecule has 25 heavy (non-hydrogen) atoms. The number of benzene rings is 2. The molecular weight excluding hydrogens is 349 g/mol. The summed E-state index contributed by atoms with van der Waals surface area (Å²) in [5, 5.41) is 9.35. The summed E-state index contributed by atoms with van der Waals surface area (Å²) in [6.07, 6.45) is 0. The Labute approximate surface area is 148 Å². The Kier molecular flexibility index (Phi) is 4.16. The van der Waals surface area contributed by atoms with Crippen molar-refractivity contribution in [3.8, 4) is 5.75 Å². The van der Waals surface area contributed by atoms with Gasteiger partial charge in [0.15, 0.2) is 5.60 Å². The van der Waals surface area contributed by atoms with E-state index in [9.17, 15) is 14.0 Å². The number of anilines is 1. The lowest BCUT2D eigenvalue weighted by Gasteiger charge is -2.39. The number of hydrogen-bond donors (Lipinski definition) is 1. The van der Waals surface area contributed by atoms with Crippen LogP contribution in [0.3, 0.4) is 0 Å². The second-order valence-corrected chi connectivity index (χ2v) is 6.60. The maximum Gasteiger partial charge on any atom is 0.335 e. The first-order chi connectivity index (χ1) is 11.7. The number of ether oxygens (including phenoxy) is 1. The quantitative estimate of drug-likeness (QED) is 0.898. The topological polar surface area (TPSA) is 66.8 Å². The maximum atomic E-state index is 14.1. The van der Waals surface area contributed by atoms with Crippen molar-refractivity contribution in [2.75, 3.05) is 4.90 Å². The first-order valence-electron chi connectivity index (χ1n) is 7.52. The smallest absolute Gasteiger partial charge is 0.335 e. The third-order valence-corrected chi connectivity index (χ3v) is 4.35. The summed E-state index contributed by atoms with van der Waals surface area (Å²) < 4.78 is 19.8. The molecule has 0 saturated heterocycles. The summed E-state index contributed by atoms with van der Waals surface area (Å²) in [4.78, 5) is 25.3. The average molecular weight is 364 g/mol. The molecule has 3 rings (SSSR count). The first-order valence-corrected chi connectivity index (χ1v) is 7.90. The van der Waals surface area contributed by atoms with Gasteiger partial charge in [-0.2, -0.15) is 0 Å². The zero-order valence-corrected chi connectivity index (χ0v) is 14.3. The van der Waals surface area contributed by atoms with Crippen LogP contribution in [0.25, 0.3) is 0 Å². The van der Waals surface area contributed by atoms with Gasteiger partial charge in [-0.1, -0.05) is 17.7 Å². The van der Waals surface area contributed by atoms with E-state index in [-0.39, 0.29) is 34.4 Å². The van der Waals surface area contributed by atoms with Crippen molar-refractivity contribution in [2.24, 2.45) is 0 Å². The predicted octanol–water partition coefficient (Wildman–Crippen LogP) is 3.88. The number of carboxylic acids is 1. The molecule has 0 aromatic heterocycles. The van der Waals surface area contributed by atoms with Crippen molar-refractivity contribution in [1.29, 1.82) is 0 Å². The Balaban J connectivity index is 2.10. The minimum Gasteiger partial charge on any atom is -0.478 e. The van der Waals surface area contributed by atoms with E-state index in [2.05, 4.69) is 0 Å². The van der Waals surface area contributed by atoms with E-state index in [1.165, 1.54) is 35.2 Å². The van der Waals surface area contributed by atoms with E-state index in [1.807, 2.05) is 0 Å². The fourth-order valence-electron chi connectivity index (χ4n) is 2.70. The van der Waals surface area contributed by atoms with Crippen LogP contribution in [0.15, 0.2) is 36.4 Å². The fourth-order valence-corrected chi connectivity index (χ4v) is 2.93. The number of nitrogens with zero attached hydrogens (tertiary/aromatic N) is 1. The zero-order chi connectivity index (χ0) is 18.4. The molecule has 5 nitrogen and oxygen atoms in total. The van der Waals surface area contributed by atoms with E-state index in [1.54, 1.807) is 19.9 Å². The molecular formula is C18H15ClFNO4. The Bertz CT molecular complexity index is 861. The number of carbonyl (C=O) groups excluding carboxylic acids is 1. The molecule has 0 aliphatic carbocycles. The largest absolute Gasteiger partial charge is 0.478 e. The lowest BCUT2D eigenvalue weighted by molar-refractivity contribution is -0.132. The maximum absolute atomic E-state index is 14.1. The van der Waals surface area contributed by atoms with Crippen LogP contribution in [0.5, 0.6) is 5.75 Å². The Hall–Kier alpha value is -2.60. The highest BCUT2D eigenvalue weighted by Crippen LogP contribution is 2.40. The third kappa shape index (κ3) is 3.05. The lowest BCUT2D eigenvalue weighted by atomic mass is 10.0. The normalized spacial score (nSPS) is 15.5. The molecule has 0 spiro atoms. The van der Waals surface area contributed by atoms with Crippen molar-refractivity contribution in [3.05, 3.63) is 58.4 Å². The van der Waals surface area contributed by atoms with Crippen LogP contribution in [-0.4, -0.2) is 22.6 Å². The molecule has 2 aromatic carbocycles. The van der Waals surface area contributed by atoms with Gasteiger partial charge < -0.3 is 14.7 Å². The van der Waals surface area contributed by atoms with Gasteiger partial charge >= 0.3 is 5.97 Å². The fraction of sp³-hybridized carbons (Fsp3) is 0.222. The van der Waals surface area contributed by atoms with Crippen LogP contribution in [-0.2, 0) is 11.3 Å². The molecule has 1 aliphatic rings. The minimum atomic E-state index is -1.22. The molecule has 1 N–H and O–H groups in total. The van der Waals surface area contributed by atoms with Gasteiger partial charge in [0.1, 0.15) is 11.6 Å². The Morgan fingerprint density at radius 3 is 2.68 bits per heavy atom. The molecule has 0 unspecified atom stereocenters. The Morgan fingerprint density at radius 1 is 1.32 bits per heavy atom. The summed E-state index contributed by atoms with van der Waals surface area (Å²) in [6.45, 7) is 3.06. The van der Waals surface area contributed by atoms with Crippen LogP contribution >= 0.6 is 11.6 Å². The van der Waals surface area contributed by atoms with E-state index in [0.717, 1.165) is 0 Å². The molecule has 0 atom stereocenters. The van der Waals surface area contributed by atoms with Crippen molar-refractivity contribution >= 4 is 29.2 Å². The zero-order valence-electron chi connectivity index (χ0n) is 13.5. The van der Waals surface area contributed by atoms with Crippen LogP contribution in [0.1, 0.15) is 29.8 Å². The number of carboxylic acid groups (broad SMARTS) is 1. The molecule has 1 amide bonds. The molecule has 2 aromatic rings. The van der Waals surface area contributed by atoms with Crippen LogP contribution in [0, 0.1) is 5.82 Å². The van der Waals surface area contributed by atoms with Gasteiger partial charge in [-0.3, -0.25) is 4.79 Å². The SMILES string of the molecule is CC1(C)Oc2cc(C(=O)O)ccc2N(Cc2c(F)cccc2Cl)C1=O. The first kappa shape index (κ1) is 17.2. The van der Waals surface area contributed by atoms with Gasteiger partial charge in [0, 0.05) is 10.6 Å². The van der Waals surface area contributed by atoms with Gasteiger partial charge in [-0.15, -0.1) is 0 Å². The Morgan fingerprint density at radius 2 is 2.04 bits per heavy atom. The second-order valence-electron chi connectivity index (χ2n) is 6.19. The van der Waals surface area contributed by atoms with Crippen molar-refractivity contribution < 1.29 is 23.8 Å². The predicted molar refractivity (Wildman–Crippen MR) is 90.7 cm³/mol. The standard InChI is InChI=1S/C18H15ClFNO4/c1-18(2)17(24)21(9-11-12(19)4-3-5-13(11)20)14-7-6-10(16(22)23)8-15(14)25-18/h3-8H,9H2,1-2H3,(H,22,23). The molecule has 0 radical (unpaired) electrons. The highest BCUT2D eigenvalue weighted by Gasteiger charge is 2.41. The van der Waals surface area contributed by atoms with E-state index < -0.39 is 17.4 Å². The van der Waals surface area contributed by atoms with Gasteiger partial charge in [0.25, 0.3) is 5.91 Å². The summed E-state index contributed by atoms with van der Waals surface area (Å²) >= 11 is 6.07. The monoisotopic (exact) mass is 363 g/mol. The average Bonchev–Trinajstić information content (AvgIpc) is 2.53. The highest BCUT2D eigenvalue weighted by molar-refractivity contribution is 6.31. The van der Waals surface area contributed by atoms with Crippen LogP contribution in [0.4, 0.5) is 10.1 Å². The van der Waals surface area contributed by atoms with Crippen molar-refractivity contribution in [3.63, 3.8) is 0 Å². The van der Waals surface area contributed by atoms with Crippen molar-refractivity contribution in [2.45, 2.75) is 26.0 Å². The number of fused-ring (bicyclic) bond motifs is 1. The summed E-state index contributed by atoms with van der Waals surface area (Å²) in [7, 11) is 0. The number of carbonyl (C=O) groups is 2. The summed E-state index contributed by atoms with van der Waals surface area (Å²) in [5.41, 5.74) is -0.633. The number of hydrogen-bond acceptors (Lipinski definition) is 3. The van der Waals surface area contributed by atoms with E-state index in [0.29, 0.717) is 5.69 Å².